The number of phosphoric ester groups is 1. The molecule has 12 nitrogen and oxygen atoms in total. The maximum absolute atomic E-state index is 10.7. The Bertz CT molecular complexity index is 812. The summed E-state index contributed by atoms with van der Waals surface area (Å²) in [5.74, 6) is 0.0261. The second kappa shape index (κ2) is 6.17. The van der Waals surface area contributed by atoms with E-state index in [1.54, 1.807) is 0 Å². The molecule has 2 aromatic rings. The zero-order chi connectivity index (χ0) is 17.6. The molecule has 3 heterocycles. The van der Waals surface area contributed by atoms with Gasteiger partial charge in [0, 0.05) is 0 Å². The van der Waals surface area contributed by atoms with E-state index >= 15 is 0 Å². The van der Waals surface area contributed by atoms with E-state index in [2.05, 4.69) is 19.5 Å². The van der Waals surface area contributed by atoms with Gasteiger partial charge >= 0.3 is 7.82 Å². The summed E-state index contributed by atoms with van der Waals surface area (Å²) in [6, 6.07) is 0. The first kappa shape index (κ1) is 17.5. The van der Waals surface area contributed by atoms with Gasteiger partial charge in [-0.3, -0.25) is 9.09 Å². The number of anilines is 1. The molecule has 1 aliphatic heterocycles. The average Bonchev–Trinajstić information content (AvgIpc) is 3.00. The number of aliphatic hydroxyl groups is 2. The predicted octanol–water partition coefficient (Wildman–Crippen LogP) is -1.21. The minimum atomic E-state index is -4.74. The quantitative estimate of drug-likeness (QED) is 0.316. The van der Waals surface area contributed by atoms with Gasteiger partial charge in [0.25, 0.3) is 0 Å². The number of phosphoric acid groups is 1. The van der Waals surface area contributed by atoms with Crippen LogP contribution in [0.25, 0.3) is 11.2 Å². The third-order valence-corrected chi connectivity index (χ3v) is 4.09. The molecule has 0 aliphatic carbocycles. The van der Waals surface area contributed by atoms with Crippen molar-refractivity contribution < 1.29 is 33.8 Å². The number of nitrogen functional groups attached to an aromatic ring is 1. The number of ether oxygens (including phenoxy) is 1. The minimum absolute atomic E-state index is 0.0261. The zero-order valence-corrected chi connectivity index (χ0v) is 13.4. The molecule has 0 amide bonds. The molecule has 14 heteroatoms. The molecule has 24 heavy (non-hydrogen) atoms. The summed E-state index contributed by atoms with van der Waals surface area (Å²) in [4.78, 5) is 29.1. The number of nitrogens with two attached hydrogens (primary N) is 1. The van der Waals surface area contributed by atoms with E-state index in [9.17, 15) is 14.8 Å². The number of rotatable bonds is 4. The van der Waals surface area contributed by atoms with E-state index in [4.69, 9.17) is 31.9 Å². The summed E-state index contributed by atoms with van der Waals surface area (Å²) in [5, 5.41) is 20.0. The average molecular weight is 382 g/mol. The number of imidazole rings is 1. The lowest BCUT2D eigenvalue weighted by Gasteiger charge is -2.16. The van der Waals surface area contributed by atoms with Gasteiger partial charge in [-0.05, 0) is 11.6 Å². The van der Waals surface area contributed by atoms with Crippen LogP contribution in [0.3, 0.4) is 0 Å². The molecule has 2 unspecified atom stereocenters. The lowest BCUT2D eigenvalue weighted by molar-refractivity contribution is -0.0504. The van der Waals surface area contributed by atoms with Gasteiger partial charge < -0.3 is 30.5 Å². The van der Waals surface area contributed by atoms with E-state index < -0.39 is 39.0 Å². The highest BCUT2D eigenvalue weighted by molar-refractivity contribution is 7.46. The van der Waals surface area contributed by atoms with E-state index in [0.29, 0.717) is 0 Å². The van der Waals surface area contributed by atoms with Crippen molar-refractivity contribution in [3.8, 4) is 0 Å². The van der Waals surface area contributed by atoms with Crippen molar-refractivity contribution in [1.82, 2.24) is 19.5 Å². The van der Waals surface area contributed by atoms with E-state index in [1.165, 1.54) is 10.9 Å². The number of aliphatic hydroxyl groups excluding tert-OH is 2. The highest BCUT2D eigenvalue weighted by atomic mass is 35.5. The van der Waals surface area contributed by atoms with Crippen LogP contribution >= 0.6 is 19.4 Å². The van der Waals surface area contributed by atoms with Crippen molar-refractivity contribution in [2.45, 2.75) is 24.5 Å². The van der Waals surface area contributed by atoms with Crippen molar-refractivity contribution >= 4 is 36.4 Å². The molecule has 1 fully saturated rings. The third-order valence-electron chi connectivity index (χ3n) is 3.44. The Morgan fingerprint density at radius 3 is 2.75 bits per heavy atom. The first-order valence-corrected chi connectivity index (χ1v) is 8.45. The van der Waals surface area contributed by atoms with Gasteiger partial charge in [-0.25, -0.2) is 9.55 Å². The SMILES string of the molecule is Nc1nc(Cl)nc2c1ncn2[C@@H]1O[C@H](COP(=O)(O)O)C(O)C1O. The highest BCUT2D eigenvalue weighted by Gasteiger charge is 2.45. The van der Waals surface area contributed by atoms with E-state index in [0.717, 1.165) is 0 Å². The van der Waals surface area contributed by atoms with Crippen LogP contribution in [0, 0.1) is 0 Å². The molecular weight excluding hydrogens is 369 g/mol. The smallest absolute Gasteiger partial charge is 0.387 e. The van der Waals surface area contributed by atoms with Gasteiger partial charge in [0.15, 0.2) is 17.7 Å². The Morgan fingerprint density at radius 2 is 2.08 bits per heavy atom. The summed E-state index contributed by atoms with van der Waals surface area (Å²) in [5.41, 5.74) is 6.07. The summed E-state index contributed by atoms with van der Waals surface area (Å²) >= 11 is 5.75. The minimum Gasteiger partial charge on any atom is -0.387 e. The molecule has 0 radical (unpaired) electrons. The van der Waals surface area contributed by atoms with Crippen LogP contribution in [0.1, 0.15) is 6.23 Å². The number of fused-ring (bicyclic) bond motifs is 1. The van der Waals surface area contributed by atoms with Gasteiger partial charge in [-0.15, -0.1) is 0 Å². The number of hydrogen-bond donors (Lipinski definition) is 5. The summed E-state index contributed by atoms with van der Waals surface area (Å²) in [6.45, 7) is -0.622. The number of hydrogen-bond acceptors (Lipinski definition) is 9. The van der Waals surface area contributed by atoms with Gasteiger partial charge in [0.05, 0.1) is 12.9 Å². The topological polar surface area (TPSA) is 186 Å². The van der Waals surface area contributed by atoms with Crippen molar-refractivity contribution in [3.05, 3.63) is 11.6 Å². The second-order valence-electron chi connectivity index (χ2n) is 5.03. The molecule has 0 bridgehead atoms. The standard InChI is InChI=1S/C10H13ClN5O7P/c11-10-14-7(12)4-8(15-10)16(2-13-4)9-6(18)5(17)3(23-9)1-22-24(19,20)21/h2-3,5-6,9,17-18H,1H2,(H2,12,14,15)(H2,19,20,21)/t3-,5?,6?,9-/m1/s1. The Morgan fingerprint density at radius 1 is 1.38 bits per heavy atom. The molecule has 6 N–H and O–H groups in total. The highest BCUT2D eigenvalue weighted by Crippen LogP contribution is 2.38. The molecule has 0 aromatic carbocycles. The number of nitrogens with zero attached hydrogens (tertiary/aromatic N) is 4. The van der Waals surface area contributed by atoms with Crippen molar-refractivity contribution in [2.24, 2.45) is 0 Å². The molecule has 2 aromatic heterocycles. The lowest BCUT2D eigenvalue weighted by Crippen LogP contribution is -2.33. The Hall–Kier alpha value is -1.37. The van der Waals surface area contributed by atoms with Crippen molar-refractivity contribution in [2.75, 3.05) is 12.3 Å². The van der Waals surface area contributed by atoms with Crippen LogP contribution in [0.2, 0.25) is 5.28 Å². The fraction of sp³-hybridized carbons (Fsp3) is 0.500. The van der Waals surface area contributed by atoms with E-state index in [1.807, 2.05) is 0 Å². The second-order valence-corrected chi connectivity index (χ2v) is 6.61. The fourth-order valence-corrected chi connectivity index (χ4v) is 2.88. The largest absolute Gasteiger partial charge is 0.469 e. The maximum Gasteiger partial charge on any atom is 0.469 e. The molecule has 132 valence electrons. The number of halogens is 1. The summed E-state index contributed by atoms with van der Waals surface area (Å²) in [7, 11) is -4.74. The molecule has 4 atom stereocenters. The van der Waals surface area contributed by atoms with Gasteiger partial charge in [-0.1, -0.05) is 0 Å². The maximum atomic E-state index is 10.7. The molecule has 1 saturated heterocycles. The predicted molar refractivity (Wildman–Crippen MR) is 78.7 cm³/mol. The van der Waals surface area contributed by atoms with Crippen LogP contribution in [0.5, 0.6) is 0 Å². The van der Waals surface area contributed by atoms with Crippen LogP contribution in [0.15, 0.2) is 6.33 Å². The first-order chi connectivity index (χ1) is 11.2. The number of aromatic nitrogens is 4. The van der Waals surface area contributed by atoms with Crippen molar-refractivity contribution in [1.29, 1.82) is 0 Å². The summed E-state index contributed by atoms with van der Waals surface area (Å²) in [6.07, 6.45) is -3.93. The van der Waals surface area contributed by atoms with E-state index in [-0.39, 0.29) is 22.3 Å². The van der Waals surface area contributed by atoms with Crippen LogP contribution in [0.4, 0.5) is 5.82 Å². The van der Waals surface area contributed by atoms with Crippen molar-refractivity contribution in [3.63, 3.8) is 0 Å². The Labute approximate surface area is 139 Å². The van der Waals surface area contributed by atoms with Crippen LogP contribution < -0.4 is 5.73 Å². The Kier molecular flexibility index (Phi) is 4.49. The molecular formula is C10H13ClN5O7P. The monoisotopic (exact) mass is 381 g/mol. The first-order valence-electron chi connectivity index (χ1n) is 6.54. The molecule has 3 rings (SSSR count). The molecule has 0 saturated carbocycles. The summed E-state index contributed by atoms with van der Waals surface area (Å²) < 4.78 is 21.8. The molecule has 0 spiro atoms. The zero-order valence-electron chi connectivity index (χ0n) is 11.8. The lowest BCUT2D eigenvalue weighted by atomic mass is 10.1. The normalized spacial score (nSPS) is 27.9. The van der Waals surface area contributed by atoms with Gasteiger partial charge in [0.2, 0.25) is 5.28 Å². The Balaban J connectivity index is 1.89. The van der Waals surface area contributed by atoms with Gasteiger partial charge in [0.1, 0.15) is 23.8 Å². The van der Waals surface area contributed by atoms with Crippen LogP contribution in [-0.2, 0) is 13.8 Å². The third kappa shape index (κ3) is 3.23. The fourth-order valence-electron chi connectivity index (χ4n) is 2.36. The molecule has 1 aliphatic rings. The van der Waals surface area contributed by atoms with Crippen LogP contribution in [-0.4, -0.2) is 64.4 Å². The van der Waals surface area contributed by atoms with Gasteiger partial charge in [-0.2, -0.15) is 9.97 Å².